The summed E-state index contributed by atoms with van der Waals surface area (Å²) >= 11 is 4.35. The Balaban J connectivity index is 2.14. The van der Waals surface area contributed by atoms with Crippen molar-refractivity contribution in [2.75, 3.05) is 5.32 Å². The molecule has 1 atom stereocenters. The largest absolute Gasteiger partial charge is 0.301 e. The summed E-state index contributed by atoms with van der Waals surface area (Å²) < 4.78 is 27.0. The smallest absolute Gasteiger partial charge is 0.239 e. The lowest BCUT2D eigenvalue weighted by molar-refractivity contribution is -0.115. The number of rotatable bonds is 5. The van der Waals surface area contributed by atoms with Gasteiger partial charge in [0.25, 0.3) is 0 Å². The van der Waals surface area contributed by atoms with Gasteiger partial charge in [-0.3, -0.25) is 4.79 Å². The van der Waals surface area contributed by atoms with E-state index in [9.17, 15) is 13.6 Å². The van der Waals surface area contributed by atoms with Crippen LogP contribution < -0.4 is 5.32 Å². The van der Waals surface area contributed by atoms with Crippen LogP contribution in [0.5, 0.6) is 0 Å². The quantitative estimate of drug-likeness (QED) is 0.797. The van der Waals surface area contributed by atoms with Crippen LogP contribution in [0.3, 0.4) is 0 Å². The molecule has 0 aliphatic heterocycles. The highest BCUT2D eigenvalue weighted by atomic mass is 79.9. The monoisotopic (exact) mass is 362 g/mol. The average Bonchev–Trinajstić information content (AvgIpc) is 2.78. The van der Waals surface area contributed by atoms with Crippen LogP contribution in [0, 0.1) is 11.6 Å². The number of unbranched alkanes of at least 4 members (excludes halogenated alkanes) is 1. The number of fused-ring (bicyclic) bond motifs is 1. The van der Waals surface area contributed by atoms with E-state index < -0.39 is 11.6 Å². The fraction of sp³-hybridized carbons (Fsp3) is 0.385. The third-order valence-electron chi connectivity index (χ3n) is 2.74. The number of benzene rings is 1. The molecule has 0 bridgehead atoms. The van der Waals surface area contributed by atoms with Crippen LogP contribution in [-0.2, 0) is 4.79 Å². The number of nitrogens with one attached hydrogen (secondary N) is 1. The first-order chi connectivity index (χ1) is 9.51. The molecule has 0 saturated carbocycles. The van der Waals surface area contributed by atoms with Gasteiger partial charge in [-0.2, -0.15) is 0 Å². The third-order valence-corrected chi connectivity index (χ3v) is 4.53. The summed E-state index contributed by atoms with van der Waals surface area (Å²) in [7, 11) is 0. The SMILES string of the molecule is CCCC[C@H](Br)C(=O)Nc1nc2c(F)cc(F)cc2s1. The number of nitrogens with zero attached hydrogens (tertiary/aromatic N) is 1. The van der Waals surface area contributed by atoms with Crippen molar-refractivity contribution in [1.29, 1.82) is 0 Å². The highest BCUT2D eigenvalue weighted by Crippen LogP contribution is 2.29. The molecule has 1 N–H and O–H groups in total. The topological polar surface area (TPSA) is 42.0 Å². The standard InChI is InChI=1S/C13H13BrF2N2OS/c1-2-3-4-8(14)12(19)18-13-17-11-9(16)5-7(15)6-10(11)20-13/h5-6,8H,2-4H2,1H3,(H,17,18,19)/t8-/m0/s1. The summed E-state index contributed by atoms with van der Waals surface area (Å²) in [6.07, 6.45) is 2.65. The van der Waals surface area contributed by atoms with Gasteiger partial charge in [0.1, 0.15) is 11.3 Å². The second-order valence-corrected chi connectivity index (χ2v) is 6.49. The molecule has 1 heterocycles. The minimum absolute atomic E-state index is 0.0754. The van der Waals surface area contributed by atoms with Gasteiger partial charge in [-0.05, 0) is 12.5 Å². The Bertz CT molecular complexity index is 632. The predicted octanol–water partition coefficient (Wildman–Crippen LogP) is 4.47. The molecule has 0 spiro atoms. The fourth-order valence-electron chi connectivity index (χ4n) is 1.71. The fourth-order valence-corrected chi connectivity index (χ4v) is 3.06. The molecule has 108 valence electrons. The van der Waals surface area contributed by atoms with Crippen molar-refractivity contribution in [1.82, 2.24) is 4.98 Å². The van der Waals surface area contributed by atoms with Gasteiger partial charge in [-0.15, -0.1) is 0 Å². The molecule has 0 unspecified atom stereocenters. The predicted molar refractivity (Wildman–Crippen MR) is 80.4 cm³/mol. The summed E-state index contributed by atoms with van der Waals surface area (Å²) in [6.45, 7) is 2.04. The number of alkyl halides is 1. The van der Waals surface area contributed by atoms with E-state index in [4.69, 9.17) is 0 Å². The summed E-state index contributed by atoms with van der Waals surface area (Å²) in [6, 6.07) is 1.98. The Morgan fingerprint density at radius 2 is 2.25 bits per heavy atom. The second kappa shape index (κ2) is 6.58. The Kier molecular flexibility index (Phi) is 5.04. The zero-order chi connectivity index (χ0) is 14.7. The lowest BCUT2D eigenvalue weighted by atomic mass is 10.2. The first-order valence-corrected chi connectivity index (χ1v) is 7.95. The average molecular weight is 363 g/mol. The lowest BCUT2D eigenvalue weighted by Crippen LogP contribution is -2.22. The third kappa shape index (κ3) is 3.52. The van der Waals surface area contributed by atoms with Crippen molar-refractivity contribution in [3.8, 4) is 0 Å². The number of aromatic nitrogens is 1. The van der Waals surface area contributed by atoms with Crippen molar-refractivity contribution in [2.24, 2.45) is 0 Å². The maximum Gasteiger partial charge on any atom is 0.239 e. The Morgan fingerprint density at radius 3 is 2.95 bits per heavy atom. The lowest BCUT2D eigenvalue weighted by Gasteiger charge is -2.07. The Labute approximate surface area is 127 Å². The van der Waals surface area contributed by atoms with Gasteiger partial charge in [0.15, 0.2) is 10.9 Å². The van der Waals surface area contributed by atoms with Crippen LogP contribution in [-0.4, -0.2) is 15.7 Å². The number of hydrogen-bond donors (Lipinski definition) is 1. The van der Waals surface area contributed by atoms with E-state index in [0.29, 0.717) is 4.70 Å². The maximum absolute atomic E-state index is 13.5. The van der Waals surface area contributed by atoms with Gasteiger partial charge in [-0.25, -0.2) is 13.8 Å². The highest BCUT2D eigenvalue weighted by molar-refractivity contribution is 9.10. The highest BCUT2D eigenvalue weighted by Gasteiger charge is 2.17. The number of halogens is 3. The zero-order valence-corrected chi connectivity index (χ0v) is 13.2. The van der Waals surface area contributed by atoms with E-state index >= 15 is 0 Å². The van der Waals surface area contributed by atoms with Crippen molar-refractivity contribution in [2.45, 2.75) is 31.0 Å². The molecule has 2 rings (SSSR count). The van der Waals surface area contributed by atoms with E-state index in [1.807, 2.05) is 6.92 Å². The van der Waals surface area contributed by atoms with Crippen molar-refractivity contribution >= 4 is 48.5 Å². The number of amides is 1. The molecule has 1 aromatic heterocycles. The first kappa shape index (κ1) is 15.3. The summed E-state index contributed by atoms with van der Waals surface area (Å²) in [5.74, 6) is -1.60. The minimum Gasteiger partial charge on any atom is -0.301 e. The molecular weight excluding hydrogens is 350 g/mol. The molecule has 3 nitrogen and oxygen atoms in total. The molecule has 0 aliphatic rings. The van der Waals surface area contributed by atoms with Crippen LogP contribution in [0.2, 0.25) is 0 Å². The van der Waals surface area contributed by atoms with Crippen LogP contribution in [0.15, 0.2) is 12.1 Å². The molecule has 1 amide bonds. The van der Waals surface area contributed by atoms with E-state index in [1.54, 1.807) is 0 Å². The number of hydrogen-bond acceptors (Lipinski definition) is 3. The van der Waals surface area contributed by atoms with Crippen LogP contribution in [0.4, 0.5) is 13.9 Å². The summed E-state index contributed by atoms with van der Waals surface area (Å²) in [5, 5.41) is 2.89. The van der Waals surface area contributed by atoms with E-state index in [-0.39, 0.29) is 21.4 Å². The van der Waals surface area contributed by atoms with Crippen LogP contribution >= 0.6 is 27.3 Å². The van der Waals surface area contributed by atoms with E-state index in [0.717, 1.165) is 36.7 Å². The number of anilines is 1. The van der Waals surface area contributed by atoms with Gasteiger partial charge in [-0.1, -0.05) is 47.0 Å². The number of carbonyl (C=O) groups is 1. The first-order valence-electron chi connectivity index (χ1n) is 6.21. The van der Waals surface area contributed by atoms with Gasteiger partial charge in [0, 0.05) is 6.07 Å². The summed E-state index contributed by atoms with van der Waals surface area (Å²) in [5.41, 5.74) is 0.0754. The van der Waals surface area contributed by atoms with E-state index in [2.05, 4.69) is 26.2 Å². The second-order valence-electron chi connectivity index (χ2n) is 4.35. The number of thiazole rings is 1. The molecular formula is C13H13BrF2N2OS. The zero-order valence-electron chi connectivity index (χ0n) is 10.8. The summed E-state index contributed by atoms with van der Waals surface area (Å²) in [4.78, 5) is 15.6. The van der Waals surface area contributed by atoms with Gasteiger partial charge >= 0.3 is 0 Å². The van der Waals surface area contributed by atoms with Crippen molar-refractivity contribution in [3.05, 3.63) is 23.8 Å². The Morgan fingerprint density at radius 1 is 1.50 bits per heavy atom. The van der Waals surface area contributed by atoms with Gasteiger partial charge < -0.3 is 5.32 Å². The van der Waals surface area contributed by atoms with Crippen molar-refractivity contribution < 1.29 is 13.6 Å². The normalized spacial score (nSPS) is 12.6. The van der Waals surface area contributed by atoms with Gasteiger partial charge in [0.2, 0.25) is 5.91 Å². The van der Waals surface area contributed by atoms with Crippen molar-refractivity contribution in [3.63, 3.8) is 0 Å². The van der Waals surface area contributed by atoms with Gasteiger partial charge in [0.05, 0.1) is 9.53 Å². The number of carbonyl (C=O) groups excluding carboxylic acids is 1. The molecule has 0 radical (unpaired) electrons. The molecule has 0 saturated heterocycles. The maximum atomic E-state index is 13.5. The molecule has 0 fully saturated rings. The van der Waals surface area contributed by atoms with E-state index in [1.165, 1.54) is 6.07 Å². The molecule has 2 aromatic rings. The Hall–Kier alpha value is -1.08. The molecule has 0 aliphatic carbocycles. The molecule has 7 heteroatoms. The van der Waals surface area contributed by atoms with Crippen LogP contribution in [0.25, 0.3) is 10.2 Å². The van der Waals surface area contributed by atoms with Crippen LogP contribution in [0.1, 0.15) is 26.2 Å². The minimum atomic E-state index is -0.724. The molecule has 20 heavy (non-hydrogen) atoms. The molecule has 1 aromatic carbocycles.